The number of hydrogen-bond acceptors (Lipinski definition) is 2. The SMILES string of the molecule is CCC(C(=O)c1ccc(OC2CC2)cc1)c1ccccc1. The molecule has 1 aliphatic rings. The van der Waals surface area contributed by atoms with E-state index in [2.05, 4.69) is 6.92 Å². The number of carbonyl (C=O) groups excluding carboxylic acids is 1. The fourth-order valence-electron chi connectivity index (χ4n) is 2.54. The third kappa shape index (κ3) is 3.33. The van der Waals surface area contributed by atoms with Crippen LogP contribution in [0.1, 0.15) is 48.0 Å². The Kier molecular flexibility index (Phi) is 4.05. The molecular formula is C19H20O2. The summed E-state index contributed by atoms with van der Waals surface area (Å²) < 4.78 is 5.72. The maximum atomic E-state index is 12.7. The summed E-state index contributed by atoms with van der Waals surface area (Å²) in [6, 6.07) is 17.6. The molecule has 1 atom stereocenters. The van der Waals surface area contributed by atoms with Crippen LogP contribution >= 0.6 is 0 Å². The predicted octanol–water partition coefficient (Wildman–Crippen LogP) is 4.60. The van der Waals surface area contributed by atoms with Crippen molar-refractivity contribution in [1.82, 2.24) is 0 Å². The predicted molar refractivity (Wildman–Crippen MR) is 83.9 cm³/mol. The van der Waals surface area contributed by atoms with E-state index in [0.717, 1.165) is 36.1 Å². The van der Waals surface area contributed by atoms with Gasteiger partial charge >= 0.3 is 0 Å². The molecule has 0 radical (unpaired) electrons. The molecule has 0 saturated heterocycles. The average molecular weight is 280 g/mol. The van der Waals surface area contributed by atoms with E-state index >= 15 is 0 Å². The maximum Gasteiger partial charge on any atom is 0.170 e. The van der Waals surface area contributed by atoms with Crippen LogP contribution in [0.5, 0.6) is 5.75 Å². The lowest BCUT2D eigenvalue weighted by Crippen LogP contribution is -2.12. The van der Waals surface area contributed by atoms with Gasteiger partial charge in [0.15, 0.2) is 5.78 Å². The Labute approximate surface area is 125 Å². The van der Waals surface area contributed by atoms with E-state index in [-0.39, 0.29) is 11.7 Å². The van der Waals surface area contributed by atoms with Crippen LogP contribution < -0.4 is 4.74 Å². The zero-order chi connectivity index (χ0) is 14.7. The van der Waals surface area contributed by atoms with E-state index in [1.54, 1.807) is 0 Å². The summed E-state index contributed by atoms with van der Waals surface area (Å²) >= 11 is 0. The highest BCUT2D eigenvalue weighted by Crippen LogP contribution is 2.28. The molecule has 0 aliphatic heterocycles. The van der Waals surface area contributed by atoms with E-state index in [1.165, 1.54) is 0 Å². The van der Waals surface area contributed by atoms with Gasteiger partial charge in [-0.25, -0.2) is 0 Å². The molecule has 0 spiro atoms. The highest BCUT2D eigenvalue weighted by atomic mass is 16.5. The van der Waals surface area contributed by atoms with Crippen molar-refractivity contribution in [3.8, 4) is 5.75 Å². The molecule has 2 aromatic rings. The highest BCUT2D eigenvalue weighted by molar-refractivity contribution is 6.01. The molecule has 108 valence electrons. The van der Waals surface area contributed by atoms with Gasteiger partial charge in [-0.3, -0.25) is 4.79 Å². The number of ether oxygens (including phenoxy) is 1. The van der Waals surface area contributed by atoms with E-state index in [0.29, 0.717) is 6.10 Å². The van der Waals surface area contributed by atoms with Gasteiger partial charge in [-0.1, -0.05) is 37.3 Å². The zero-order valence-corrected chi connectivity index (χ0v) is 12.3. The molecule has 1 fully saturated rings. The van der Waals surface area contributed by atoms with Crippen LogP contribution in [0.4, 0.5) is 0 Å². The second kappa shape index (κ2) is 6.13. The second-order valence-electron chi connectivity index (χ2n) is 5.58. The first-order valence-electron chi connectivity index (χ1n) is 7.64. The van der Waals surface area contributed by atoms with Gasteiger partial charge in [0.05, 0.1) is 6.10 Å². The molecule has 0 aromatic heterocycles. The first-order chi connectivity index (χ1) is 10.3. The van der Waals surface area contributed by atoms with Gasteiger partial charge in [-0.15, -0.1) is 0 Å². The molecule has 0 bridgehead atoms. The normalized spacial score (nSPS) is 15.5. The van der Waals surface area contributed by atoms with Crippen LogP contribution in [-0.2, 0) is 0 Å². The van der Waals surface area contributed by atoms with Crippen LogP contribution in [0.25, 0.3) is 0 Å². The van der Waals surface area contributed by atoms with Gasteiger partial charge in [0, 0.05) is 11.5 Å². The van der Waals surface area contributed by atoms with Crippen LogP contribution in [0.2, 0.25) is 0 Å². The van der Waals surface area contributed by atoms with E-state index in [4.69, 9.17) is 4.74 Å². The summed E-state index contributed by atoms with van der Waals surface area (Å²) in [5.41, 5.74) is 1.84. The van der Waals surface area contributed by atoms with Crippen molar-refractivity contribution in [3.05, 3.63) is 65.7 Å². The summed E-state index contributed by atoms with van der Waals surface area (Å²) in [6.45, 7) is 2.06. The molecule has 0 N–H and O–H groups in total. The van der Waals surface area contributed by atoms with Crippen molar-refractivity contribution in [2.45, 2.75) is 38.2 Å². The summed E-state index contributed by atoms with van der Waals surface area (Å²) in [7, 11) is 0. The topological polar surface area (TPSA) is 26.3 Å². The number of benzene rings is 2. The summed E-state index contributed by atoms with van der Waals surface area (Å²) in [5, 5.41) is 0. The van der Waals surface area contributed by atoms with Gasteiger partial charge in [-0.05, 0) is 49.1 Å². The minimum atomic E-state index is -0.0681. The fourth-order valence-corrected chi connectivity index (χ4v) is 2.54. The summed E-state index contributed by atoms with van der Waals surface area (Å²) in [5.74, 6) is 0.977. The summed E-state index contributed by atoms with van der Waals surface area (Å²) in [6.07, 6.45) is 3.49. The number of hydrogen-bond donors (Lipinski definition) is 0. The van der Waals surface area contributed by atoms with Crippen molar-refractivity contribution >= 4 is 5.78 Å². The number of ketones is 1. The minimum Gasteiger partial charge on any atom is -0.490 e. The van der Waals surface area contributed by atoms with Crippen LogP contribution in [-0.4, -0.2) is 11.9 Å². The highest BCUT2D eigenvalue weighted by Gasteiger charge is 2.24. The smallest absolute Gasteiger partial charge is 0.170 e. The molecule has 2 nitrogen and oxygen atoms in total. The Morgan fingerprint density at radius 1 is 1.10 bits per heavy atom. The largest absolute Gasteiger partial charge is 0.490 e. The first-order valence-corrected chi connectivity index (χ1v) is 7.64. The molecule has 2 heteroatoms. The van der Waals surface area contributed by atoms with Crippen LogP contribution in [0.3, 0.4) is 0 Å². The maximum absolute atomic E-state index is 12.7. The third-order valence-corrected chi connectivity index (χ3v) is 3.89. The van der Waals surface area contributed by atoms with Crippen LogP contribution in [0, 0.1) is 0 Å². The van der Waals surface area contributed by atoms with Crippen molar-refractivity contribution < 1.29 is 9.53 Å². The van der Waals surface area contributed by atoms with E-state index in [1.807, 2.05) is 54.6 Å². The quantitative estimate of drug-likeness (QED) is 0.723. The standard InChI is InChI=1S/C19H20O2/c1-2-18(14-6-4-3-5-7-14)19(20)15-8-10-16(11-9-15)21-17-12-13-17/h3-11,17-18H,2,12-13H2,1H3. The van der Waals surface area contributed by atoms with E-state index in [9.17, 15) is 4.79 Å². The Morgan fingerprint density at radius 3 is 2.33 bits per heavy atom. The Morgan fingerprint density at radius 2 is 1.76 bits per heavy atom. The van der Waals surface area contributed by atoms with Gasteiger partial charge in [0.2, 0.25) is 0 Å². The van der Waals surface area contributed by atoms with Crippen molar-refractivity contribution in [1.29, 1.82) is 0 Å². The van der Waals surface area contributed by atoms with Crippen molar-refractivity contribution in [2.24, 2.45) is 0 Å². The van der Waals surface area contributed by atoms with Gasteiger partial charge in [0.25, 0.3) is 0 Å². The second-order valence-corrected chi connectivity index (χ2v) is 5.58. The first kappa shape index (κ1) is 13.9. The molecule has 2 aromatic carbocycles. The molecule has 1 saturated carbocycles. The number of carbonyl (C=O) groups is 1. The lowest BCUT2D eigenvalue weighted by atomic mass is 9.89. The molecule has 0 heterocycles. The molecule has 3 rings (SSSR count). The van der Waals surface area contributed by atoms with Crippen molar-refractivity contribution in [3.63, 3.8) is 0 Å². The fraction of sp³-hybridized carbons (Fsp3) is 0.316. The number of Topliss-reactive ketones (excluding diaryl/α,β-unsaturated/α-hetero) is 1. The monoisotopic (exact) mass is 280 g/mol. The molecule has 1 unspecified atom stereocenters. The molecular weight excluding hydrogens is 260 g/mol. The number of rotatable bonds is 6. The zero-order valence-electron chi connectivity index (χ0n) is 12.3. The Hall–Kier alpha value is -2.09. The van der Waals surface area contributed by atoms with Crippen molar-refractivity contribution in [2.75, 3.05) is 0 Å². The van der Waals surface area contributed by atoms with Gasteiger partial charge in [0.1, 0.15) is 5.75 Å². The summed E-state index contributed by atoms with van der Waals surface area (Å²) in [4.78, 5) is 12.7. The lowest BCUT2D eigenvalue weighted by molar-refractivity contribution is 0.0957. The third-order valence-electron chi connectivity index (χ3n) is 3.89. The molecule has 1 aliphatic carbocycles. The van der Waals surface area contributed by atoms with E-state index < -0.39 is 0 Å². The Bertz CT molecular complexity index is 597. The van der Waals surface area contributed by atoms with Gasteiger partial charge in [-0.2, -0.15) is 0 Å². The Balaban J connectivity index is 1.76. The van der Waals surface area contributed by atoms with Crippen LogP contribution in [0.15, 0.2) is 54.6 Å². The molecule has 21 heavy (non-hydrogen) atoms. The lowest BCUT2D eigenvalue weighted by Gasteiger charge is -2.14. The van der Waals surface area contributed by atoms with Gasteiger partial charge < -0.3 is 4.74 Å². The average Bonchev–Trinajstić information content (AvgIpc) is 3.34. The minimum absolute atomic E-state index is 0.0681. The molecule has 0 amide bonds.